The molecule has 1 atom stereocenters. The van der Waals surface area contributed by atoms with Crippen molar-refractivity contribution in [2.45, 2.75) is 19.4 Å². The van der Waals surface area contributed by atoms with Crippen LogP contribution in [0.25, 0.3) is 0 Å². The summed E-state index contributed by atoms with van der Waals surface area (Å²) in [7, 11) is 0. The fourth-order valence-corrected chi connectivity index (χ4v) is 2.65. The number of benzene rings is 1. The highest BCUT2D eigenvalue weighted by atomic mass is 35.5. The van der Waals surface area contributed by atoms with Crippen LogP contribution < -0.4 is 0 Å². The molecule has 0 amide bonds. The standard InChI is InChI=1S/C13H13ClOS/c1-9-6-11(8-16-9)13(2,15)10-4-3-5-12(14)7-10/h3-8,15H,1-2H3. The predicted octanol–water partition coefficient (Wildman–Crippen LogP) is 3.97. The molecule has 0 aliphatic rings. The molecule has 0 radical (unpaired) electrons. The molecule has 1 unspecified atom stereocenters. The average Bonchev–Trinajstić information content (AvgIpc) is 2.65. The van der Waals surface area contributed by atoms with Gasteiger partial charge < -0.3 is 5.11 Å². The normalized spacial score (nSPS) is 14.8. The summed E-state index contributed by atoms with van der Waals surface area (Å²) < 4.78 is 0. The molecule has 2 aromatic rings. The summed E-state index contributed by atoms with van der Waals surface area (Å²) in [5, 5.41) is 13.2. The number of halogens is 1. The first-order valence-electron chi connectivity index (χ1n) is 5.04. The van der Waals surface area contributed by atoms with E-state index in [2.05, 4.69) is 0 Å². The maximum atomic E-state index is 10.5. The molecule has 0 saturated heterocycles. The first-order chi connectivity index (χ1) is 7.50. The topological polar surface area (TPSA) is 20.2 Å². The Morgan fingerprint density at radius 1 is 1.25 bits per heavy atom. The highest BCUT2D eigenvalue weighted by Crippen LogP contribution is 2.32. The highest BCUT2D eigenvalue weighted by Gasteiger charge is 2.26. The smallest absolute Gasteiger partial charge is 0.113 e. The van der Waals surface area contributed by atoms with Gasteiger partial charge in [0, 0.05) is 9.90 Å². The monoisotopic (exact) mass is 252 g/mol. The third-order valence-corrected chi connectivity index (χ3v) is 3.78. The summed E-state index contributed by atoms with van der Waals surface area (Å²) in [4.78, 5) is 1.19. The number of rotatable bonds is 2. The molecule has 1 heterocycles. The number of aryl methyl sites for hydroxylation is 1. The lowest BCUT2D eigenvalue weighted by Gasteiger charge is -2.23. The molecule has 0 aliphatic heterocycles. The minimum absolute atomic E-state index is 0.643. The Balaban J connectivity index is 2.46. The fourth-order valence-electron chi connectivity index (χ4n) is 1.66. The third kappa shape index (κ3) is 2.14. The zero-order valence-electron chi connectivity index (χ0n) is 9.20. The molecule has 0 aliphatic carbocycles. The summed E-state index contributed by atoms with van der Waals surface area (Å²) in [6, 6.07) is 9.35. The van der Waals surface area contributed by atoms with Gasteiger partial charge in [-0.1, -0.05) is 23.7 Å². The van der Waals surface area contributed by atoms with Gasteiger partial charge in [0.25, 0.3) is 0 Å². The van der Waals surface area contributed by atoms with Crippen molar-refractivity contribution in [1.82, 2.24) is 0 Å². The molecule has 0 spiro atoms. The van der Waals surface area contributed by atoms with Crippen LogP contribution in [-0.2, 0) is 5.60 Å². The van der Waals surface area contributed by atoms with Gasteiger partial charge in [-0.05, 0) is 48.6 Å². The third-order valence-electron chi connectivity index (χ3n) is 2.68. The van der Waals surface area contributed by atoms with E-state index in [1.165, 1.54) is 4.88 Å². The Kier molecular flexibility index (Phi) is 3.06. The van der Waals surface area contributed by atoms with E-state index in [0.717, 1.165) is 11.1 Å². The molecule has 0 fully saturated rings. The largest absolute Gasteiger partial charge is 0.381 e. The van der Waals surface area contributed by atoms with Crippen LogP contribution in [0.15, 0.2) is 35.7 Å². The second-order valence-electron chi connectivity index (χ2n) is 4.03. The van der Waals surface area contributed by atoms with E-state index in [0.29, 0.717) is 5.02 Å². The summed E-state index contributed by atoms with van der Waals surface area (Å²) in [5.74, 6) is 0. The van der Waals surface area contributed by atoms with E-state index in [9.17, 15) is 5.11 Å². The summed E-state index contributed by atoms with van der Waals surface area (Å²) in [6.07, 6.45) is 0. The molecule has 84 valence electrons. The number of hydrogen-bond donors (Lipinski definition) is 1. The number of aliphatic hydroxyl groups is 1. The van der Waals surface area contributed by atoms with Crippen molar-refractivity contribution in [2.75, 3.05) is 0 Å². The van der Waals surface area contributed by atoms with Crippen molar-refractivity contribution < 1.29 is 5.11 Å². The summed E-state index contributed by atoms with van der Waals surface area (Å²) >= 11 is 7.57. The molecule has 0 bridgehead atoms. The van der Waals surface area contributed by atoms with Crippen LogP contribution in [0.4, 0.5) is 0 Å². The van der Waals surface area contributed by atoms with Gasteiger partial charge in [0.05, 0.1) is 0 Å². The Bertz CT molecular complexity index is 502. The van der Waals surface area contributed by atoms with Crippen LogP contribution in [0.3, 0.4) is 0 Å². The van der Waals surface area contributed by atoms with Gasteiger partial charge in [0.2, 0.25) is 0 Å². The van der Waals surface area contributed by atoms with Gasteiger partial charge in [-0.15, -0.1) is 11.3 Å². The molecule has 3 heteroatoms. The van der Waals surface area contributed by atoms with Gasteiger partial charge >= 0.3 is 0 Å². The highest BCUT2D eigenvalue weighted by molar-refractivity contribution is 7.10. The van der Waals surface area contributed by atoms with Gasteiger partial charge in [0.1, 0.15) is 5.60 Å². The van der Waals surface area contributed by atoms with Crippen LogP contribution in [0.1, 0.15) is 22.9 Å². The molecule has 1 nitrogen and oxygen atoms in total. The second kappa shape index (κ2) is 4.21. The van der Waals surface area contributed by atoms with Crippen LogP contribution in [0.5, 0.6) is 0 Å². The molecule has 2 rings (SSSR count). The second-order valence-corrected chi connectivity index (χ2v) is 5.58. The van der Waals surface area contributed by atoms with Gasteiger partial charge in [-0.2, -0.15) is 0 Å². The number of hydrogen-bond acceptors (Lipinski definition) is 2. The Labute approximate surface area is 104 Å². The molecular formula is C13H13ClOS. The van der Waals surface area contributed by atoms with Crippen molar-refractivity contribution in [3.05, 3.63) is 56.7 Å². The quantitative estimate of drug-likeness (QED) is 0.858. The lowest BCUT2D eigenvalue weighted by molar-refractivity contribution is 0.103. The summed E-state index contributed by atoms with van der Waals surface area (Å²) in [6.45, 7) is 3.82. The van der Waals surface area contributed by atoms with Crippen molar-refractivity contribution in [3.8, 4) is 0 Å². The zero-order valence-corrected chi connectivity index (χ0v) is 10.8. The lowest BCUT2D eigenvalue weighted by Crippen LogP contribution is -2.21. The van der Waals surface area contributed by atoms with Gasteiger partial charge in [0.15, 0.2) is 0 Å². The van der Waals surface area contributed by atoms with Crippen LogP contribution >= 0.6 is 22.9 Å². The average molecular weight is 253 g/mol. The van der Waals surface area contributed by atoms with Crippen LogP contribution in [0, 0.1) is 6.92 Å². The Morgan fingerprint density at radius 3 is 2.56 bits per heavy atom. The van der Waals surface area contributed by atoms with E-state index in [1.807, 2.05) is 30.5 Å². The molecular weight excluding hydrogens is 240 g/mol. The van der Waals surface area contributed by atoms with Gasteiger partial charge in [-0.3, -0.25) is 0 Å². The first kappa shape index (κ1) is 11.6. The molecule has 16 heavy (non-hydrogen) atoms. The van der Waals surface area contributed by atoms with E-state index in [1.54, 1.807) is 30.4 Å². The van der Waals surface area contributed by atoms with Crippen LogP contribution in [-0.4, -0.2) is 5.11 Å². The predicted molar refractivity (Wildman–Crippen MR) is 69.2 cm³/mol. The summed E-state index contributed by atoms with van der Waals surface area (Å²) in [5.41, 5.74) is 0.755. The first-order valence-corrected chi connectivity index (χ1v) is 6.30. The maximum Gasteiger partial charge on any atom is 0.113 e. The molecule has 1 aromatic heterocycles. The number of thiophene rings is 1. The SMILES string of the molecule is Cc1cc(C(C)(O)c2cccc(Cl)c2)cs1. The van der Waals surface area contributed by atoms with Gasteiger partial charge in [-0.25, -0.2) is 0 Å². The maximum absolute atomic E-state index is 10.5. The Morgan fingerprint density at radius 2 is 2.00 bits per heavy atom. The van der Waals surface area contributed by atoms with E-state index in [4.69, 9.17) is 11.6 Å². The van der Waals surface area contributed by atoms with E-state index >= 15 is 0 Å². The molecule has 0 saturated carbocycles. The van der Waals surface area contributed by atoms with Crippen molar-refractivity contribution in [2.24, 2.45) is 0 Å². The molecule has 1 N–H and O–H groups in total. The minimum atomic E-state index is -0.977. The lowest BCUT2D eigenvalue weighted by atomic mass is 9.90. The van der Waals surface area contributed by atoms with Crippen molar-refractivity contribution in [1.29, 1.82) is 0 Å². The van der Waals surface area contributed by atoms with Crippen LogP contribution in [0.2, 0.25) is 5.02 Å². The van der Waals surface area contributed by atoms with E-state index < -0.39 is 5.60 Å². The Hall–Kier alpha value is -0.830. The van der Waals surface area contributed by atoms with Crippen molar-refractivity contribution in [3.63, 3.8) is 0 Å². The fraction of sp³-hybridized carbons (Fsp3) is 0.231. The molecule has 1 aromatic carbocycles. The zero-order chi connectivity index (χ0) is 11.8. The minimum Gasteiger partial charge on any atom is -0.381 e. The van der Waals surface area contributed by atoms with Crippen molar-refractivity contribution >= 4 is 22.9 Å². The van der Waals surface area contributed by atoms with E-state index in [-0.39, 0.29) is 0 Å².